The van der Waals surface area contributed by atoms with Crippen LogP contribution in [0.15, 0.2) is 0 Å². The fourth-order valence-electron chi connectivity index (χ4n) is 0.233. The maximum absolute atomic E-state index is 8.56. The fourth-order valence-corrected chi connectivity index (χ4v) is 0.322. The summed E-state index contributed by atoms with van der Waals surface area (Å²) in [7, 11) is 0. The van der Waals surface area contributed by atoms with Crippen molar-refractivity contribution in [3.63, 3.8) is 0 Å². The Bertz CT molecular complexity index is 50.5. The number of aliphatic hydroxyl groups is 2. The minimum absolute atomic E-state index is 0.0526. The normalized spacial score (nSPS) is 13.9. The maximum Gasteiger partial charge on any atom is 0.120 e. The quantitative estimate of drug-likeness (QED) is 0.521. The van der Waals surface area contributed by atoms with E-state index < -0.39 is 6.10 Å². The molecule has 0 saturated heterocycles. The minimum atomic E-state index is -0.797. The van der Waals surface area contributed by atoms with Gasteiger partial charge in [-0.15, -0.1) is 0 Å². The van der Waals surface area contributed by atoms with E-state index in [4.69, 9.17) is 21.8 Å². The van der Waals surface area contributed by atoms with E-state index in [0.29, 0.717) is 0 Å². The summed E-state index contributed by atoms with van der Waals surface area (Å²) < 4.78 is 4.54. The number of halogens is 1. The van der Waals surface area contributed by atoms with E-state index >= 15 is 0 Å². The molecule has 1 unspecified atom stereocenters. The van der Waals surface area contributed by atoms with E-state index in [1.54, 1.807) is 0 Å². The molecule has 0 aliphatic rings. The smallest absolute Gasteiger partial charge is 0.120 e. The van der Waals surface area contributed by atoms with Gasteiger partial charge < -0.3 is 14.9 Å². The van der Waals surface area contributed by atoms with Crippen molar-refractivity contribution in [2.45, 2.75) is 6.10 Å². The van der Waals surface area contributed by atoms with Crippen LogP contribution < -0.4 is 0 Å². The number of rotatable bonds is 4. The lowest BCUT2D eigenvalue weighted by atomic mass is 10.4. The van der Waals surface area contributed by atoms with Crippen molar-refractivity contribution >= 4 is 11.6 Å². The van der Waals surface area contributed by atoms with Crippen LogP contribution in [0.5, 0.6) is 0 Å². The summed E-state index contributed by atoms with van der Waals surface area (Å²) >= 11 is 5.09. The molecule has 0 spiro atoms. The SMILES string of the molecule is OCC(O)COCCl. The molecule has 0 aromatic rings. The summed E-state index contributed by atoms with van der Waals surface area (Å²) in [6.45, 7) is -0.184. The number of hydrogen-bond acceptors (Lipinski definition) is 3. The first-order valence-corrected chi connectivity index (χ1v) is 2.77. The molecule has 0 aliphatic heterocycles. The second kappa shape index (κ2) is 5.31. The highest BCUT2D eigenvalue weighted by molar-refractivity contribution is 6.17. The van der Waals surface area contributed by atoms with Crippen molar-refractivity contribution in [3.05, 3.63) is 0 Å². The standard InChI is InChI=1S/C4H9ClO3/c5-3-8-2-4(7)1-6/h4,6-7H,1-3H2. The van der Waals surface area contributed by atoms with Gasteiger partial charge in [0.1, 0.15) is 12.2 Å². The second-order valence-electron chi connectivity index (χ2n) is 1.32. The van der Waals surface area contributed by atoms with Crippen LogP contribution in [0.4, 0.5) is 0 Å². The van der Waals surface area contributed by atoms with Gasteiger partial charge >= 0.3 is 0 Å². The van der Waals surface area contributed by atoms with Gasteiger partial charge in [-0.2, -0.15) is 0 Å². The highest BCUT2D eigenvalue weighted by atomic mass is 35.5. The lowest BCUT2D eigenvalue weighted by Crippen LogP contribution is -2.18. The summed E-state index contributed by atoms with van der Waals surface area (Å²) in [5, 5.41) is 16.7. The Morgan fingerprint density at radius 2 is 2.25 bits per heavy atom. The Hall–Kier alpha value is 0.170. The van der Waals surface area contributed by atoms with Gasteiger partial charge in [0.15, 0.2) is 0 Å². The van der Waals surface area contributed by atoms with Crippen molar-refractivity contribution < 1.29 is 14.9 Å². The third-order valence-corrected chi connectivity index (χ3v) is 0.752. The fraction of sp³-hybridized carbons (Fsp3) is 1.00. The van der Waals surface area contributed by atoms with Crippen LogP contribution in [0.2, 0.25) is 0 Å². The Labute approximate surface area is 52.8 Å². The summed E-state index contributed by atoms with van der Waals surface area (Å²) in [6.07, 6.45) is -0.797. The van der Waals surface area contributed by atoms with Gasteiger partial charge in [0.05, 0.1) is 13.2 Å². The first-order chi connectivity index (χ1) is 3.81. The van der Waals surface area contributed by atoms with E-state index in [0.717, 1.165) is 0 Å². The highest BCUT2D eigenvalue weighted by Gasteiger charge is 1.98. The number of ether oxygens (including phenoxy) is 1. The molecule has 8 heavy (non-hydrogen) atoms. The van der Waals surface area contributed by atoms with Crippen molar-refractivity contribution in [2.75, 3.05) is 19.3 Å². The molecule has 0 radical (unpaired) electrons. The predicted molar refractivity (Wildman–Crippen MR) is 29.8 cm³/mol. The zero-order valence-electron chi connectivity index (χ0n) is 4.38. The zero-order chi connectivity index (χ0) is 6.41. The van der Waals surface area contributed by atoms with Gasteiger partial charge in [-0.05, 0) is 0 Å². The molecule has 3 nitrogen and oxygen atoms in total. The van der Waals surface area contributed by atoms with Crippen LogP contribution in [0.1, 0.15) is 0 Å². The van der Waals surface area contributed by atoms with E-state index in [1.165, 1.54) is 0 Å². The molecular formula is C4H9ClO3. The topological polar surface area (TPSA) is 49.7 Å². The Balaban J connectivity index is 2.86. The molecule has 0 heterocycles. The monoisotopic (exact) mass is 140 g/mol. The van der Waals surface area contributed by atoms with Gasteiger partial charge in [0, 0.05) is 0 Å². The Morgan fingerprint density at radius 1 is 1.62 bits per heavy atom. The first kappa shape index (κ1) is 8.17. The van der Waals surface area contributed by atoms with Gasteiger partial charge in [-0.1, -0.05) is 11.6 Å². The third kappa shape index (κ3) is 4.33. The summed E-state index contributed by atoms with van der Waals surface area (Å²) in [5.41, 5.74) is 0. The average Bonchev–Trinajstić information content (AvgIpc) is 1.83. The average molecular weight is 141 g/mol. The van der Waals surface area contributed by atoms with Crippen LogP contribution in [0.3, 0.4) is 0 Å². The Morgan fingerprint density at radius 3 is 2.62 bits per heavy atom. The molecule has 0 bridgehead atoms. The lowest BCUT2D eigenvalue weighted by Gasteiger charge is -2.03. The van der Waals surface area contributed by atoms with Gasteiger partial charge in [-0.3, -0.25) is 0 Å². The zero-order valence-corrected chi connectivity index (χ0v) is 5.14. The third-order valence-electron chi connectivity index (χ3n) is 0.598. The summed E-state index contributed by atoms with van der Waals surface area (Å²) in [4.78, 5) is 0. The Kier molecular flexibility index (Phi) is 5.42. The maximum atomic E-state index is 8.56. The first-order valence-electron chi connectivity index (χ1n) is 2.24. The lowest BCUT2D eigenvalue weighted by molar-refractivity contribution is 0.0199. The van der Waals surface area contributed by atoms with Crippen molar-refractivity contribution in [1.29, 1.82) is 0 Å². The molecule has 4 heteroatoms. The molecule has 0 fully saturated rings. The molecule has 50 valence electrons. The molecule has 0 aromatic carbocycles. The van der Waals surface area contributed by atoms with Crippen LogP contribution >= 0.6 is 11.6 Å². The van der Waals surface area contributed by atoms with E-state index in [-0.39, 0.29) is 19.3 Å². The van der Waals surface area contributed by atoms with Crippen molar-refractivity contribution in [2.24, 2.45) is 0 Å². The molecular weight excluding hydrogens is 131 g/mol. The van der Waals surface area contributed by atoms with Gasteiger partial charge in [0.2, 0.25) is 0 Å². The minimum Gasteiger partial charge on any atom is -0.394 e. The van der Waals surface area contributed by atoms with Crippen LogP contribution in [-0.2, 0) is 4.74 Å². The molecule has 0 aromatic heterocycles. The van der Waals surface area contributed by atoms with Crippen LogP contribution in [0, 0.1) is 0 Å². The number of alkyl halides is 1. The molecule has 0 saturated carbocycles. The second-order valence-corrected chi connectivity index (χ2v) is 1.53. The van der Waals surface area contributed by atoms with Crippen LogP contribution in [-0.4, -0.2) is 35.6 Å². The largest absolute Gasteiger partial charge is 0.394 e. The number of hydrogen-bond donors (Lipinski definition) is 2. The van der Waals surface area contributed by atoms with Crippen LogP contribution in [0.25, 0.3) is 0 Å². The van der Waals surface area contributed by atoms with E-state index in [9.17, 15) is 0 Å². The molecule has 0 amide bonds. The van der Waals surface area contributed by atoms with E-state index in [1.807, 2.05) is 0 Å². The van der Waals surface area contributed by atoms with Gasteiger partial charge in [0.25, 0.3) is 0 Å². The highest BCUT2D eigenvalue weighted by Crippen LogP contribution is 1.84. The molecule has 2 N–H and O–H groups in total. The molecule has 0 rings (SSSR count). The summed E-state index contributed by atoms with van der Waals surface area (Å²) in [6, 6.07) is 0.0526. The molecule has 0 aliphatic carbocycles. The number of aliphatic hydroxyl groups excluding tert-OH is 2. The van der Waals surface area contributed by atoms with Gasteiger partial charge in [-0.25, -0.2) is 0 Å². The predicted octanol–water partition coefficient (Wildman–Crippen LogP) is -0.448. The van der Waals surface area contributed by atoms with E-state index in [2.05, 4.69) is 4.74 Å². The molecule has 1 atom stereocenters. The summed E-state index contributed by atoms with van der Waals surface area (Å²) in [5.74, 6) is 0. The van der Waals surface area contributed by atoms with Crippen molar-refractivity contribution in [3.8, 4) is 0 Å². The van der Waals surface area contributed by atoms with Crippen molar-refractivity contribution in [1.82, 2.24) is 0 Å².